The maximum atomic E-state index is 12.7. The molecule has 0 spiro atoms. The van der Waals surface area contributed by atoms with Crippen LogP contribution in [0.3, 0.4) is 0 Å². The van der Waals surface area contributed by atoms with Crippen molar-refractivity contribution >= 4 is 5.91 Å². The van der Waals surface area contributed by atoms with Gasteiger partial charge in [0.15, 0.2) is 0 Å². The van der Waals surface area contributed by atoms with Gasteiger partial charge in [0.05, 0.1) is 18.5 Å². The Morgan fingerprint density at radius 1 is 1.18 bits per heavy atom. The quantitative estimate of drug-likeness (QED) is 0.227. The zero-order valence-electron chi connectivity index (χ0n) is 22.2. The third kappa shape index (κ3) is 13.9. The average molecular weight is 477 g/mol. The van der Waals surface area contributed by atoms with Crippen LogP contribution in [0.1, 0.15) is 76.7 Å². The molecule has 1 aliphatic carbocycles. The van der Waals surface area contributed by atoms with Gasteiger partial charge in [-0.1, -0.05) is 42.5 Å². The lowest BCUT2D eigenvalue weighted by Crippen LogP contribution is -2.42. The fraction of sp³-hybridized carbons (Fsp3) is 0.593. The number of allylic oxidation sites excluding steroid dienone is 4. The first-order valence-corrected chi connectivity index (χ1v) is 12.3. The fourth-order valence-corrected chi connectivity index (χ4v) is 3.14. The summed E-state index contributed by atoms with van der Waals surface area (Å²) < 4.78 is 16.9. The Labute approximate surface area is 206 Å². The van der Waals surface area contributed by atoms with E-state index in [0.717, 1.165) is 50.0 Å². The van der Waals surface area contributed by atoms with Crippen LogP contribution in [0.25, 0.3) is 0 Å². The Kier molecular flexibility index (Phi) is 18.4. The Bertz CT molecular complexity index is 734. The maximum absolute atomic E-state index is 12.7. The molecule has 1 aliphatic rings. The first-order chi connectivity index (χ1) is 16.4. The molecule has 0 heterocycles. The van der Waals surface area contributed by atoms with Gasteiger partial charge in [0.2, 0.25) is 0 Å². The van der Waals surface area contributed by atoms with Gasteiger partial charge in [-0.25, -0.2) is 4.39 Å². The van der Waals surface area contributed by atoms with Crippen molar-refractivity contribution in [3.63, 3.8) is 0 Å². The van der Waals surface area contributed by atoms with E-state index < -0.39 is 0 Å². The molecule has 1 aromatic carbocycles. The number of amides is 1. The first kappa shape index (κ1) is 31.5. The molecule has 6 nitrogen and oxygen atoms in total. The van der Waals surface area contributed by atoms with Crippen LogP contribution in [-0.4, -0.2) is 43.7 Å². The largest absolute Gasteiger partial charge is 0.381 e. The molecule has 7 heteroatoms. The molecule has 0 radical (unpaired) electrons. The van der Waals surface area contributed by atoms with Gasteiger partial charge in [0.25, 0.3) is 5.91 Å². The number of hydrogen-bond donors (Lipinski definition) is 1. The van der Waals surface area contributed by atoms with Gasteiger partial charge < -0.3 is 9.64 Å². The molecule has 1 N–H and O–H groups in total. The third-order valence-corrected chi connectivity index (χ3v) is 5.25. The monoisotopic (exact) mass is 476 g/mol. The molecule has 0 unspecified atom stereocenters. The van der Waals surface area contributed by atoms with E-state index in [9.17, 15) is 9.18 Å². The minimum atomic E-state index is -0.0856. The summed E-state index contributed by atoms with van der Waals surface area (Å²) in [5.74, 6) is 0.571. The van der Waals surface area contributed by atoms with E-state index in [1.807, 2.05) is 75.9 Å². The molecule has 0 bridgehead atoms. The predicted octanol–water partition coefficient (Wildman–Crippen LogP) is 6.90. The second-order valence-corrected chi connectivity index (χ2v) is 8.01. The van der Waals surface area contributed by atoms with Gasteiger partial charge in [0, 0.05) is 32.3 Å². The summed E-state index contributed by atoms with van der Waals surface area (Å²) in [6, 6.07) is 7.64. The molecule has 192 valence electrons. The highest BCUT2D eigenvalue weighted by atomic mass is 19.1. The van der Waals surface area contributed by atoms with Gasteiger partial charge in [-0.15, -0.1) is 0 Å². The summed E-state index contributed by atoms with van der Waals surface area (Å²) in [4.78, 5) is 14.6. The van der Waals surface area contributed by atoms with Crippen molar-refractivity contribution in [3.8, 4) is 0 Å². The van der Waals surface area contributed by atoms with Crippen LogP contribution in [0.4, 0.5) is 4.39 Å². The van der Waals surface area contributed by atoms with Crippen molar-refractivity contribution in [1.82, 2.24) is 10.3 Å². The van der Waals surface area contributed by atoms with Crippen molar-refractivity contribution < 1.29 is 13.9 Å². The van der Waals surface area contributed by atoms with Gasteiger partial charge in [0.1, 0.15) is 0 Å². The van der Waals surface area contributed by atoms with Crippen molar-refractivity contribution in [2.45, 2.75) is 73.5 Å². The molecule has 0 aromatic heterocycles. The number of ether oxygens (including phenoxy) is 1. The van der Waals surface area contributed by atoms with Crippen LogP contribution in [-0.2, 0) is 11.3 Å². The van der Waals surface area contributed by atoms with E-state index in [4.69, 9.17) is 4.74 Å². The van der Waals surface area contributed by atoms with Gasteiger partial charge in [-0.2, -0.15) is 5.11 Å². The lowest BCUT2D eigenvalue weighted by Gasteiger charge is -2.37. The second-order valence-electron chi connectivity index (χ2n) is 8.01. The van der Waals surface area contributed by atoms with Crippen molar-refractivity contribution in [2.24, 2.45) is 16.3 Å². The number of rotatable bonds is 10. The summed E-state index contributed by atoms with van der Waals surface area (Å²) in [6.45, 7) is 14.2. The number of hydrogen-bond acceptors (Lipinski definition) is 4. The average Bonchev–Trinajstić information content (AvgIpc) is 2.82. The van der Waals surface area contributed by atoms with E-state index in [0.29, 0.717) is 18.6 Å². The molecular formula is C27H45FN4O2. The smallest absolute Gasteiger partial charge is 0.253 e. The predicted molar refractivity (Wildman–Crippen MR) is 139 cm³/mol. The summed E-state index contributed by atoms with van der Waals surface area (Å²) in [6.07, 6.45) is 8.81. The molecule has 1 saturated carbocycles. The summed E-state index contributed by atoms with van der Waals surface area (Å²) >= 11 is 0. The zero-order chi connectivity index (χ0) is 25.8. The SMILES string of the molecule is C/C=C\C.CC/C=C(\C)F.CCNN=NCc1ccc(C(=O)N(CC)CC2CC(OC)C2)cc1. The summed E-state index contributed by atoms with van der Waals surface area (Å²) in [5, 5.41) is 7.87. The third-order valence-electron chi connectivity index (χ3n) is 5.25. The number of nitrogens with one attached hydrogen (secondary N) is 1. The number of nitrogens with zero attached hydrogens (tertiary/aromatic N) is 3. The van der Waals surface area contributed by atoms with E-state index >= 15 is 0 Å². The molecule has 1 aromatic rings. The molecule has 0 aliphatic heterocycles. The summed E-state index contributed by atoms with van der Waals surface area (Å²) in [7, 11) is 1.75. The highest BCUT2D eigenvalue weighted by Crippen LogP contribution is 2.30. The van der Waals surface area contributed by atoms with E-state index in [1.54, 1.807) is 13.2 Å². The first-order valence-electron chi connectivity index (χ1n) is 12.3. The Morgan fingerprint density at radius 2 is 1.79 bits per heavy atom. The number of benzene rings is 1. The van der Waals surface area contributed by atoms with Crippen molar-refractivity contribution in [3.05, 3.63) is 59.4 Å². The van der Waals surface area contributed by atoms with Gasteiger partial charge in [-0.3, -0.25) is 10.2 Å². The highest BCUT2D eigenvalue weighted by molar-refractivity contribution is 5.94. The minimum Gasteiger partial charge on any atom is -0.381 e. The molecule has 1 amide bonds. The van der Waals surface area contributed by atoms with Crippen LogP contribution >= 0.6 is 0 Å². The zero-order valence-corrected chi connectivity index (χ0v) is 22.2. The van der Waals surface area contributed by atoms with E-state index in [-0.39, 0.29) is 11.7 Å². The number of halogens is 1. The second kappa shape index (κ2) is 19.9. The lowest BCUT2D eigenvalue weighted by atomic mass is 9.82. The maximum Gasteiger partial charge on any atom is 0.253 e. The van der Waals surface area contributed by atoms with Crippen molar-refractivity contribution in [1.29, 1.82) is 0 Å². The molecule has 1 fully saturated rings. The van der Waals surface area contributed by atoms with E-state index in [1.165, 1.54) is 6.92 Å². The van der Waals surface area contributed by atoms with Crippen LogP contribution in [0.5, 0.6) is 0 Å². The van der Waals surface area contributed by atoms with E-state index in [2.05, 4.69) is 15.8 Å². The van der Waals surface area contributed by atoms with Crippen molar-refractivity contribution in [2.75, 3.05) is 26.7 Å². The molecule has 34 heavy (non-hydrogen) atoms. The number of carbonyl (C=O) groups is 1. The number of methoxy groups -OCH3 is 1. The Morgan fingerprint density at radius 3 is 2.21 bits per heavy atom. The molecular weight excluding hydrogens is 431 g/mol. The standard InChI is InChI=1S/C18H28N4O2.C5H9F.C4H8/c1-4-19-21-20-12-14-6-8-16(9-7-14)18(23)22(5-2)13-15-10-17(11-15)24-3;1-3-4-5(2)6;1-3-4-2/h6-9,15,17H,4-5,10-13H2,1-3H3,(H,19,20);4H,3H2,1-2H3;3-4H,1-2H3/b;5-4+;4-3-. The highest BCUT2D eigenvalue weighted by Gasteiger charge is 2.31. The molecule has 2 rings (SSSR count). The van der Waals surface area contributed by atoms with Crippen LogP contribution in [0.2, 0.25) is 0 Å². The molecule has 0 saturated heterocycles. The summed E-state index contributed by atoms with van der Waals surface area (Å²) in [5.41, 5.74) is 4.56. The Hall–Kier alpha value is -2.54. The minimum absolute atomic E-state index is 0.0856. The van der Waals surface area contributed by atoms with Gasteiger partial charge in [-0.05, 0) is 77.5 Å². The van der Waals surface area contributed by atoms with Crippen LogP contribution in [0.15, 0.2) is 58.7 Å². The van der Waals surface area contributed by atoms with Gasteiger partial charge >= 0.3 is 0 Å². The topological polar surface area (TPSA) is 66.3 Å². The van der Waals surface area contributed by atoms with Crippen LogP contribution < -0.4 is 5.43 Å². The fourth-order valence-electron chi connectivity index (χ4n) is 3.14. The Balaban J connectivity index is 0.000000917. The lowest BCUT2D eigenvalue weighted by molar-refractivity contribution is -0.00908. The van der Waals surface area contributed by atoms with Crippen LogP contribution in [0, 0.1) is 5.92 Å². The normalized spacial score (nSPS) is 17.4. The number of carbonyl (C=O) groups excluding carboxylic acids is 1. The molecule has 0 atom stereocenters.